The van der Waals surface area contributed by atoms with Crippen molar-refractivity contribution in [2.24, 2.45) is 5.92 Å². The Balaban J connectivity index is 0.000000293. The topological polar surface area (TPSA) is 49.8 Å². The zero-order valence-corrected chi connectivity index (χ0v) is 10.9. The van der Waals surface area contributed by atoms with Crippen molar-refractivity contribution in [2.45, 2.75) is 39.7 Å². The molecule has 1 fully saturated rings. The number of rotatable bonds is 4. The van der Waals surface area contributed by atoms with Crippen LogP contribution in [0.3, 0.4) is 0 Å². The molecule has 0 radical (unpaired) electrons. The van der Waals surface area contributed by atoms with E-state index in [0.29, 0.717) is 6.61 Å². The van der Waals surface area contributed by atoms with Gasteiger partial charge >= 0.3 is 5.97 Å². The standard InChI is InChI=1S/C8H17N.C4H8O3/c1-7(2)9-5-4-8(3)6-9;1-7-3-2-4(5)6/h7-8H,4-6H2,1-3H3;2-3H2,1H3,(H,5,6). The van der Waals surface area contributed by atoms with Crippen molar-refractivity contribution in [3.05, 3.63) is 0 Å². The Morgan fingerprint density at radius 3 is 2.38 bits per heavy atom. The smallest absolute Gasteiger partial charge is 0.305 e. The minimum atomic E-state index is -0.818. The van der Waals surface area contributed by atoms with Gasteiger partial charge < -0.3 is 14.7 Å². The first-order chi connectivity index (χ1) is 7.47. The van der Waals surface area contributed by atoms with Gasteiger partial charge in [0, 0.05) is 19.7 Å². The van der Waals surface area contributed by atoms with E-state index in [2.05, 4.69) is 30.4 Å². The summed E-state index contributed by atoms with van der Waals surface area (Å²) in [5.41, 5.74) is 0. The van der Waals surface area contributed by atoms with Gasteiger partial charge in [0.1, 0.15) is 0 Å². The van der Waals surface area contributed by atoms with Crippen LogP contribution in [0.15, 0.2) is 0 Å². The molecule has 1 aliphatic rings. The molecule has 16 heavy (non-hydrogen) atoms. The van der Waals surface area contributed by atoms with Crippen LogP contribution in [0.5, 0.6) is 0 Å². The van der Waals surface area contributed by atoms with Crippen molar-refractivity contribution in [2.75, 3.05) is 26.8 Å². The molecule has 1 aliphatic heterocycles. The number of hydrogen-bond acceptors (Lipinski definition) is 3. The van der Waals surface area contributed by atoms with Crippen LogP contribution in [0.25, 0.3) is 0 Å². The third-order valence-corrected chi connectivity index (χ3v) is 2.71. The average Bonchev–Trinajstić information content (AvgIpc) is 2.63. The normalized spacial score (nSPS) is 20.7. The third kappa shape index (κ3) is 7.65. The number of carboxylic acid groups (broad SMARTS) is 1. The summed E-state index contributed by atoms with van der Waals surface area (Å²) in [5.74, 6) is 0.120. The van der Waals surface area contributed by atoms with E-state index in [-0.39, 0.29) is 6.42 Å². The summed E-state index contributed by atoms with van der Waals surface area (Å²) in [6.07, 6.45) is 1.49. The van der Waals surface area contributed by atoms with Gasteiger partial charge in [-0.15, -0.1) is 0 Å². The highest BCUT2D eigenvalue weighted by molar-refractivity contribution is 5.66. The van der Waals surface area contributed by atoms with E-state index in [0.717, 1.165) is 12.0 Å². The monoisotopic (exact) mass is 231 g/mol. The highest BCUT2D eigenvalue weighted by Crippen LogP contribution is 2.16. The summed E-state index contributed by atoms with van der Waals surface area (Å²) >= 11 is 0. The van der Waals surface area contributed by atoms with Crippen LogP contribution in [0.1, 0.15) is 33.6 Å². The highest BCUT2D eigenvalue weighted by atomic mass is 16.5. The second-order valence-electron chi connectivity index (χ2n) is 4.62. The van der Waals surface area contributed by atoms with Crippen LogP contribution in [-0.4, -0.2) is 48.8 Å². The van der Waals surface area contributed by atoms with Crippen LogP contribution < -0.4 is 0 Å². The van der Waals surface area contributed by atoms with E-state index < -0.39 is 5.97 Å². The summed E-state index contributed by atoms with van der Waals surface area (Å²) in [6, 6.07) is 0.759. The Morgan fingerprint density at radius 1 is 1.56 bits per heavy atom. The van der Waals surface area contributed by atoms with Gasteiger partial charge in [-0.05, 0) is 32.7 Å². The predicted octanol–water partition coefficient (Wildman–Crippen LogP) is 1.84. The summed E-state index contributed by atoms with van der Waals surface area (Å²) in [6.45, 7) is 9.82. The fourth-order valence-corrected chi connectivity index (χ4v) is 1.63. The van der Waals surface area contributed by atoms with Crippen LogP contribution >= 0.6 is 0 Å². The molecule has 0 aromatic heterocycles. The molecule has 0 aromatic rings. The molecule has 0 saturated carbocycles. The van der Waals surface area contributed by atoms with Gasteiger partial charge in [0.2, 0.25) is 0 Å². The van der Waals surface area contributed by atoms with E-state index in [4.69, 9.17) is 5.11 Å². The van der Waals surface area contributed by atoms with Gasteiger partial charge in [-0.3, -0.25) is 4.79 Å². The number of ether oxygens (including phenoxy) is 1. The van der Waals surface area contributed by atoms with E-state index in [1.807, 2.05) is 0 Å². The van der Waals surface area contributed by atoms with Gasteiger partial charge in [0.15, 0.2) is 0 Å². The zero-order valence-electron chi connectivity index (χ0n) is 10.9. The van der Waals surface area contributed by atoms with Crippen molar-refractivity contribution in [3.8, 4) is 0 Å². The third-order valence-electron chi connectivity index (χ3n) is 2.71. The molecule has 0 amide bonds. The molecule has 4 nitrogen and oxygen atoms in total. The van der Waals surface area contributed by atoms with Crippen LogP contribution in [0, 0.1) is 5.92 Å². The number of carbonyl (C=O) groups is 1. The lowest BCUT2D eigenvalue weighted by molar-refractivity contribution is -0.137. The summed E-state index contributed by atoms with van der Waals surface area (Å²) in [4.78, 5) is 12.2. The lowest BCUT2D eigenvalue weighted by Crippen LogP contribution is -2.27. The second-order valence-corrected chi connectivity index (χ2v) is 4.62. The Labute approximate surface area is 98.6 Å². The van der Waals surface area contributed by atoms with E-state index in [9.17, 15) is 4.79 Å². The quantitative estimate of drug-likeness (QED) is 0.802. The SMILES string of the molecule is CC1CCN(C(C)C)C1.COCCC(=O)O. The summed E-state index contributed by atoms with van der Waals surface area (Å²) < 4.78 is 4.47. The van der Waals surface area contributed by atoms with Crippen molar-refractivity contribution >= 4 is 5.97 Å². The van der Waals surface area contributed by atoms with Crippen LogP contribution in [0.2, 0.25) is 0 Å². The largest absolute Gasteiger partial charge is 0.481 e. The van der Waals surface area contributed by atoms with Crippen LogP contribution in [0.4, 0.5) is 0 Å². The van der Waals surface area contributed by atoms with Gasteiger partial charge in [0.25, 0.3) is 0 Å². The minimum Gasteiger partial charge on any atom is -0.481 e. The van der Waals surface area contributed by atoms with Gasteiger partial charge in [0.05, 0.1) is 13.0 Å². The number of hydrogen-bond donors (Lipinski definition) is 1. The molecular weight excluding hydrogens is 206 g/mol. The molecule has 1 atom stereocenters. The Kier molecular flexibility index (Phi) is 8.21. The maximum atomic E-state index is 9.68. The molecular formula is C12H25NO3. The number of likely N-dealkylation sites (tertiary alicyclic amines) is 1. The zero-order chi connectivity index (χ0) is 12.6. The molecule has 0 aliphatic carbocycles. The fraction of sp³-hybridized carbons (Fsp3) is 0.917. The number of carboxylic acids is 1. The van der Waals surface area contributed by atoms with Gasteiger partial charge in [-0.2, -0.15) is 0 Å². The minimum absolute atomic E-state index is 0.0938. The lowest BCUT2D eigenvalue weighted by Gasteiger charge is -2.19. The van der Waals surface area contributed by atoms with Gasteiger partial charge in [-0.1, -0.05) is 6.92 Å². The van der Waals surface area contributed by atoms with E-state index in [1.165, 1.54) is 26.6 Å². The first kappa shape index (κ1) is 15.4. The van der Waals surface area contributed by atoms with E-state index >= 15 is 0 Å². The molecule has 0 bridgehead atoms. The molecule has 1 N–H and O–H groups in total. The Bertz CT molecular complexity index is 195. The Morgan fingerprint density at radius 2 is 2.19 bits per heavy atom. The maximum absolute atomic E-state index is 9.68. The van der Waals surface area contributed by atoms with Gasteiger partial charge in [-0.25, -0.2) is 0 Å². The lowest BCUT2D eigenvalue weighted by atomic mass is 10.2. The highest BCUT2D eigenvalue weighted by Gasteiger charge is 2.19. The average molecular weight is 231 g/mol. The van der Waals surface area contributed by atoms with E-state index in [1.54, 1.807) is 0 Å². The first-order valence-electron chi connectivity index (χ1n) is 5.92. The predicted molar refractivity (Wildman–Crippen MR) is 64.6 cm³/mol. The summed E-state index contributed by atoms with van der Waals surface area (Å²) in [7, 11) is 1.48. The Hall–Kier alpha value is -0.610. The maximum Gasteiger partial charge on any atom is 0.305 e. The first-order valence-corrected chi connectivity index (χ1v) is 5.92. The fourth-order valence-electron chi connectivity index (χ4n) is 1.63. The van der Waals surface area contributed by atoms with Crippen molar-refractivity contribution < 1.29 is 14.6 Å². The van der Waals surface area contributed by atoms with Crippen molar-refractivity contribution in [3.63, 3.8) is 0 Å². The molecule has 1 saturated heterocycles. The van der Waals surface area contributed by atoms with Crippen LogP contribution in [-0.2, 0) is 9.53 Å². The molecule has 1 rings (SSSR count). The summed E-state index contributed by atoms with van der Waals surface area (Å²) in [5, 5.41) is 7.96. The van der Waals surface area contributed by atoms with Crippen molar-refractivity contribution in [1.29, 1.82) is 0 Å². The molecule has 4 heteroatoms. The number of methoxy groups -OCH3 is 1. The molecule has 96 valence electrons. The number of aliphatic carboxylic acids is 1. The van der Waals surface area contributed by atoms with Crippen molar-refractivity contribution in [1.82, 2.24) is 4.90 Å². The molecule has 0 aromatic carbocycles. The number of nitrogens with zero attached hydrogens (tertiary/aromatic N) is 1. The molecule has 1 heterocycles. The molecule has 0 spiro atoms. The molecule has 1 unspecified atom stereocenters. The second kappa shape index (κ2) is 8.53.